The summed E-state index contributed by atoms with van der Waals surface area (Å²) in [5, 5.41) is 14.5. The minimum absolute atomic E-state index is 0.108. The number of phenolic OH excluding ortho intramolecular Hbond substituents is 1. The maximum Gasteiger partial charge on any atom is 0.190 e. The maximum atomic E-state index is 12.0. The Labute approximate surface area is 165 Å². The largest absolute Gasteiger partial charge is 0.507 e. The predicted octanol–water partition coefficient (Wildman–Crippen LogP) is 4.71. The van der Waals surface area contributed by atoms with Crippen LogP contribution in [0.2, 0.25) is 0 Å². The van der Waals surface area contributed by atoms with Crippen molar-refractivity contribution < 1.29 is 14.6 Å². The number of anilines is 1. The van der Waals surface area contributed by atoms with Gasteiger partial charge >= 0.3 is 0 Å². The zero-order chi connectivity index (χ0) is 19.7. The second-order valence-electron chi connectivity index (χ2n) is 8.83. The van der Waals surface area contributed by atoms with Crippen molar-refractivity contribution in [3.63, 3.8) is 0 Å². The molecule has 0 spiro atoms. The molecule has 2 aromatic rings. The summed E-state index contributed by atoms with van der Waals surface area (Å²) in [5.74, 6) is 1.14. The maximum absolute atomic E-state index is 12.0. The lowest BCUT2D eigenvalue weighted by atomic mass is 9.60. The standard InChI is InChI=1S/C24H27NO3/c1-14(26)12-17-15(2)21(27)16(3)22-18(17)13-23-10-6-7-11-24(23,28-22)25-20-9-5-4-8-19(20)23/h4-5,8-9,25,27H,6-7,10-13H2,1-3H3/t23-,24-/m1/s1. The Morgan fingerprint density at radius 3 is 2.71 bits per heavy atom. The number of benzene rings is 2. The normalized spacial score (nSPS) is 27.0. The van der Waals surface area contributed by atoms with Gasteiger partial charge in [-0.1, -0.05) is 24.6 Å². The molecular formula is C24H27NO3. The number of para-hydroxylation sites is 1. The van der Waals surface area contributed by atoms with Crippen LogP contribution >= 0.6 is 0 Å². The monoisotopic (exact) mass is 377 g/mol. The van der Waals surface area contributed by atoms with Crippen molar-refractivity contribution in [2.24, 2.45) is 0 Å². The summed E-state index contributed by atoms with van der Waals surface area (Å²) in [4.78, 5) is 12.0. The molecule has 4 nitrogen and oxygen atoms in total. The molecule has 5 rings (SSSR count). The van der Waals surface area contributed by atoms with Gasteiger partial charge in [-0.25, -0.2) is 0 Å². The highest BCUT2D eigenvalue weighted by Crippen LogP contribution is 2.61. The molecule has 0 amide bonds. The van der Waals surface area contributed by atoms with Crippen molar-refractivity contribution in [1.82, 2.24) is 0 Å². The smallest absolute Gasteiger partial charge is 0.190 e. The molecule has 2 aliphatic heterocycles. The lowest BCUT2D eigenvalue weighted by Gasteiger charge is -2.53. The zero-order valence-corrected chi connectivity index (χ0v) is 16.8. The van der Waals surface area contributed by atoms with Gasteiger partial charge in [-0.3, -0.25) is 4.79 Å². The quantitative estimate of drug-likeness (QED) is 0.796. The summed E-state index contributed by atoms with van der Waals surface area (Å²) in [7, 11) is 0. The van der Waals surface area contributed by atoms with Crippen molar-refractivity contribution >= 4 is 11.5 Å². The number of rotatable bonds is 2. The number of aromatic hydroxyl groups is 1. The Balaban J connectivity index is 1.78. The van der Waals surface area contributed by atoms with Crippen LogP contribution in [0.25, 0.3) is 0 Å². The first-order chi connectivity index (χ1) is 13.4. The van der Waals surface area contributed by atoms with Gasteiger partial charge in [-0.2, -0.15) is 0 Å². The highest BCUT2D eigenvalue weighted by molar-refractivity contribution is 5.80. The van der Waals surface area contributed by atoms with Crippen LogP contribution < -0.4 is 10.1 Å². The number of ketones is 1. The fourth-order valence-electron chi connectivity index (χ4n) is 5.91. The molecule has 146 valence electrons. The third-order valence-electron chi connectivity index (χ3n) is 7.26. The van der Waals surface area contributed by atoms with Gasteiger partial charge in [0.1, 0.15) is 17.3 Å². The molecule has 0 saturated heterocycles. The van der Waals surface area contributed by atoms with E-state index in [1.54, 1.807) is 6.92 Å². The fourth-order valence-corrected chi connectivity index (χ4v) is 5.91. The summed E-state index contributed by atoms with van der Waals surface area (Å²) in [6.45, 7) is 5.46. The summed E-state index contributed by atoms with van der Waals surface area (Å²) < 4.78 is 6.83. The number of hydrogen-bond donors (Lipinski definition) is 2. The number of phenols is 1. The Morgan fingerprint density at radius 1 is 1.18 bits per heavy atom. The minimum Gasteiger partial charge on any atom is -0.507 e. The predicted molar refractivity (Wildman–Crippen MR) is 109 cm³/mol. The van der Waals surface area contributed by atoms with E-state index in [0.717, 1.165) is 59.4 Å². The highest BCUT2D eigenvalue weighted by atomic mass is 16.5. The number of hydrogen-bond acceptors (Lipinski definition) is 4. The lowest BCUT2D eigenvalue weighted by molar-refractivity contribution is -0.116. The van der Waals surface area contributed by atoms with Crippen LogP contribution in [0.3, 0.4) is 0 Å². The molecular weight excluding hydrogens is 350 g/mol. The molecule has 2 N–H and O–H groups in total. The van der Waals surface area contributed by atoms with Gasteiger partial charge in [0.25, 0.3) is 0 Å². The first-order valence-corrected chi connectivity index (χ1v) is 10.3. The van der Waals surface area contributed by atoms with Gasteiger partial charge in [0.15, 0.2) is 5.72 Å². The van der Waals surface area contributed by atoms with Crippen molar-refractivity contribution in [3.05, 3.63) is 52.1 Å². The molecule has 1 saturated carbocycles. The molecule has 2 atom stereocenters. The molecule has 0 aromatic heterocycles. The van der Waals surface area contributed by atoms with Crippen molar-refractivity contribution in [1.29, 1.82) is 0 Å². The number of nitrogens with one attached hydrogen (secondary N) is 1. The van der Waals surface area contributed by atoms with Gasteiger partial charge in [-0.15, -0.1) is 0 Å². The Bertz CT molecular complexity index is 1010. The Hall–Kier alpha value is -2.49. The van der Waals surface area contributed by atoms with Gasteiger partial charge in [0.2, 0.25) is 0 Å². The van der Waals surface area contributed by atoms with Gasteiger partial charge in [0.05, 0.1) is 5.41 Å². The Kier molecular flexibility index (Phi) is 3.62. The van der Waals surface area contributed by atoms with E-state index in [0.29, 0.717) is 6.42 Å². The average Bonchev–Trinajstić information content (AvgIpc) is 2.98. The van der Waals surface area contributed by atoms with E-state index in [9.17, 15) is 9.90 Å². The van der Waals surface area contributed by atoms with Crippen molar-refractivity contribution in [2.45, 2.75) is 70.4 Å². The molecule has 1 aliphatic carbocycles. The number of carbonyl (C=O) groups excluding carboxylic acids is 1. The van der Waals surface area contributed by atoms with E-state index >= 15 is 0 Å². The number of fused-ring (bicyclic) bond motifs is 2. The van der Waals surface area contributed by atoms with Crippen molar-refractivity contribution in [3.8, 4) is 11.5 Å². The van der Waals surface area contributed by atoms with Crippen LogP contribution in [0.5, 0.6) is 11.5 Å². The van der Waals surface area contributed by atoms with Gasteiger partial charge in [0, 0.05) is 24.1 Å². The van der Waals surface area contributed by atoms with Crippen LogP contribution in [-0.2, 0) is 23.1 Å². The molecule has 1 fully saturated rings. The first-order valence-electron chi connectivity index (χ1n) is 10.3. The average molecular weight is 377 g/mol. The van der Waals surface area contributed by atoms with E-state index in [-0.39, 0.29) is 16.9 Å². The topological polar surface area (TPSA) is 58.6 Å². The highest BCUT2D eigenvalue weighted by Gasteiger charge is 2.63. The van der Waals surface area contributed by atoms with E-state index in [1.165, 1.54) is 12.0 Å². The molecule has 3 aliphatic rings. The zero-order valence-electron chi connectivity index (χ0n) is 16.8. The van der Waals surface area contributed by atoms with Crippen LogP contribution in [0.15, 0.2) is 24.3 Å². The molecule has 28 heavy (non-hydrogen) atoms. The van der Waals surface area contributed by atoms with Crippen LogP contribution in [0, 0.1) is 13.8 Å². The second-order valence-corrected chi connectivity index (χ2v) is 8.83. The number of carbonyl (C=O) groups is 1. The second kappa shape index (κ2) is 5.76. The van der Waals surface area contributed by atoms with Crippen LogP contribution in [-0.4, -0.2) is 16.6 Å². The summed E-state index contributed by atoms with van der Waals surface area (Å²) in [6, 6.07) is 8.55. The molecule has 0 unspecified atom stereocenters. The lowest BCUT2D eigenvalue weighted by Crippen LogP contribution is -2.62. The number of Topliss-reactive ketones (excluding diaryl/α,β-unsaturated/α-hetero) is 1. The number of ether oxygens (including phenoxy) is 1. The van der Waals surface area contributed by atoms with E-state index < -0.39 is 5.72 Å². The summed E-state index contributed by atoms with van der Waals surface area (Å²) in [6.07, 6.45) is 5.48. The van der Waals surface area contributed by atoms with Gasteiger partial charge in [-0.05, 0) is 68.4 Å². The van der Waals surface area contributed by atoms with E-state index in [1.807, 2.05) is 13.8 Å². The molecule has 2 heterocycles. The van der Waals surface area contributed by atoms with Crippen LogP contribution in [0.1, 0.15) is 60.4 Å². The van der Waals surface area contributed by atoms with E-state index in [2.05, 4.69) is 29.6 Å². The Morgan fingerprint density at radius 2 is 1.93 bits per heavy atom. The summed E-state index contributed by atoms with van der Waals surface area (Å²) >= 11 is 0. The van der Waals surface area contributed by atoms with E-state index in [4.69, 9.17) is 4.74 Å². The van der Waals surface area contributed by atoms with Gasteiger partial charge < -0.3 is 15.2 Å². The molecule has 2 aromatic carbocycles. The molecule has 4 heteroatoms. The van der Waals surface area contributed by atoms with Crippen LogP contribution in [0.4, 0.5) is 5.69 Å². The first kappa shape index (κ1) is 17.6. The SMILES string of the molecule is CC(=O)Cc1c(C)c(O)c(C)c2c1C[C@@]13CCCC[C@@]1(Nc1ccccc13)O2. The van der Waals surface area contributed by atoms with Crippen molar-refractivity contribution in [2.75, 3.05) is 5.32 Å². The molecule has 0 radical (unpaired) electrons. The molecule has 0 bridgehead atoms. The fraction of sp³-hybridized carbons (Fsp3) is 0.458. The minimum atomic E-state index is -0.470. The third kappa shape index (κ3) is 2.09. The summed E-state index contributed by atoms with van der Waals surface area (Å²) in [5.41, 5.74) is 5.54. The third-order valence-corrected chi connectivity index (χ3v) is 7.26.